The number of aromatic nitrogens is 1. The molecule has 20 heavy (non-hydrogen) atoms. The van der Waals surface area contributed by atoms with Gasteiger partial charge >= 0.3 is 6.09 Å². The van der Waals surface area contributed by atoms with Gasteiger partial charge in [-0.05, 0) is 18.1 Å². The number of rotatable bonds is 6. The number of nitrogens with two attached hydrogens (primary N) is 1. The zero-order valence-corrected chi connectivity index (χ0v) is 11.3. The number of para-hydroxylation sites is 1. The van der Waals surface area contributed by atoms with Crippen LogP contribution in [0.15, 0.2) is 43.1 Å². The average Bonchev–Trinajstić information content (AvgIpc) is 2.86. The van der Waals surface area contributed by atoms with Crippen molar-refractivity contribution in [1.29, 1.82) is 0 Å². The zero-order chi connectivity index (χ0) is 14.4. The number of fused-ring (bicyclic) bond motifs is 1. The lowest BCUT2D eigenvalue weighted by Crippen LogP contribution is -2.38. The Kier molecular flexibility index (Phi) is 4.79. The van der Waals surface area contributed by atoms with Crippen LogP contribution in [0.4, 0.5) is 4.79 Å². The molecular formula is C15H19N3O2. The van der Waals surface area contributed by atoms with Crippen LogP contribution in [0.2, 0.25) is 0 Å². The molecule has 0 aliphatic carbocycles. The molecule has 5 nitrogen and oxygen atoms in total. The van der Waals surface area contributed by atoms with Gasteiger partial charge in [-0.2, -0.15) is 0 Å². The minimum absolute atomic E-state index is 0.162. The molecule has 0 bridgehead atoms. The predicted octanol–water partition coefficient (Wildman–Crippen LogP) is 1.95. The standard InChI is InChI=1S/C15H19N3O2/c1-2-7-20-15(19)18-10-12(16)8-11-9-17-14-6-4-3-5-13(11)14/h2-6,9,12,17H,1,7-8,10,16H2,(H,18,19)/t12-/m1/s1. The Balaban J connectivity index is 1.86. The number of nitrogens with one attached hydrogen (secondary N) is 2. The van der Waals surface area contributed by atoms with E-state index in [2.05, 4.69) is 22.9 Å². The summed E-state index contributed by atoms with van der Waals surface area (Å²) in [4.78, 5) is 14.5. The number of carbonyl (C=O) groups is 1. The lowest BCUT2D eigenvalue weighted by atomic mass is 10.1. The van der Waals surface area contributed by atoms with E-state index in [0.29, 0.717) is 13.0 Å². The fourth-order valence-corrected chi connectivity index (χ4v) is 2.06. The maximum atomic E-state index is 11.3. The average molecular weight is 273 g/mol. The summed E-state index contributed by atoms with van der Waals surface area (Å²) >= 11 is 0. The Morgan fingerprint density at radius 3 is 3.10 bits per heavy atom. The number of amides is 1. The van der Waals surface area contributed by atoms with Gasteiger partial charge in [0.25, 0.3) is 0 Å². The Morgan fingerprint density at radius 1 is 1.50 bits per heavy atom. The third-order valence-electron chi connectivity index (χ3n) is 3.00. The van der Waals surface area contributed by atoms with Crippen LogP contribution in [0.1, 0.15) is 5.56 Å². The molecule has 5 heteroatoms. The van der Waals surface area contributed by atoms with Crippen molar-refractivity contribution in [2.75, 3.05) is 13.2 Å². The smallest absolute Gasteiger partial charge is 0.407 e. The summed E-state index contributed by atoms with van der Waals surface area (Å²) in [5, 5.41) is 3.80. The molecule has 2 rings (SSSR count). The fraction of sp³-hybridized carbons (Fsp3) is 0.267. The van der Waals surface area contributed by atoms with E-state index >= 15 is 0 Å². The molecule has 106 valence electrons. The Hall–Kier alpha value is -2.27. The Labute approximate surface area is 117 Å². The number of aromatic amines is 1. The van der Waals surface area contributed by atoms with Crippen molar-refractivity contribution in [3.8, 4) is 0 Å². The fourth-order valence-electron chi connectivity index (χ4n) is 2.06. The van der Waals surface area contributed by atoms with Crippen molar-refractivity contribution in [2.45, 2.75) is 12.5 Å². The summed E-state index contributed by atoms with van der Waals surface area (Å²) in [6.07, 6.45) is 3.69. The van der Waals surface area contributed by atoms with Crippen LogP contribution in [0, 0.1) is 0 Å². The lowest BCUT2D eigenvalue weighted by Gasteiger charge is -2.12. The summed E-state index contributed by atoms with van der Waals surface area (Å²) in [5.41, 5.74) is 8.27. The summed E-state index contributed by atoms with van der Waals surface area (Å²) in [6, 6.07) is 7.90. The van der Waals surface area contributed by atoms with Crippen LogP contribution >= 0.6 is 0 Å². The van der Waals surface area contributed by atoms with Gasteiger partial charge in [0.2, 0.25) is 0 Å². The molecule has 0 radical (unpaired) electrons. The number of alkyl carbamates (subject to hydrolysis) is 1. The van der Waals surface area contributed by atoms with Gasteiger partial charge in [0, 0.05) is 29.7 Å². The number of benzene rings is 1. The van der Waals surface area contributed by atoms with Gasteiger partial charge in [-0.25, -0.2) is 4.79 Å². The number of H-pyrrole nitrogens is 1. The molecule has 0 aliphatic rings. The molecule has 0 unspecified atom stereocenters. The zero-order valence-electron chi connectivity index (χ0n) is 11.3. The minimum Gasteiger partial charge on any atom is -0.445 e. The van der Waals surface area contributed by atoms with Gasteiger partial charge in [-0.3, -0.25) is 0 Å². The summed E-state index contributed by atoms with van der Waals surface area (Å²) < 4.78 is 4.82. The molecule has 1 aromatic heterocycles. The molecular weight excluding hydrogens is 254 g/mol. The van der Waals surface area contributed by atoms with Crippen LogP contribution in [0.5, 0.6) is 0 Å². The van der Waals surface area contributed by atoms with Gasteiger partial charge in [0.05, 0.1) is 0 Å². The molecule has 1 heterocycles. The predicted molar refractivity (Wildman–Crippen MR) is 79.5 cm³/mol. The van der Waals surface area contributed by atoms with E-state index in [9.17, 15) is 4.79 Å². The van der Waals surface area contributed by atoms with E-state index in [4.69, 9.17) is 10.5 Å². The molecule has 0 aliphatic heterocycles. The first-order chi connectivity index (χ1) is 9.70. The molecule has 4 N–H and O–H groups in total. The highest BCUT2D eigenvalue weighted by Gasteiger charge is 2.10. The second-order valence-corrected chi connectivity index (χ2v) is 4.59. The largest absolute Gasteiger partial charge is 0.445 e. The van der Waals surface area contributed by atoms with Crippen LogP contribution in [-0.4, -0.2) is 30.3 Å². The minimum atomic E-state index is -0.473. The van der Waals surface area contributed by atoms with E-state index in [0.717, 1.165) is 16.5 Å². The van der Waals surface area contributed by atoms with Gasteiger partial charge in [0.15, 0.2) is 0 Å². The Morgan fingerprint density at radius 2 is 2.30 bits per heavy atom. The third kappa shape index (κ3) is 3.61. The normalized spacial score (nSPS) is 12.1. The van der Waals surface area contributed by atoms with Crippen molar-refractivity contribution in [3.63, 3.8) is 0 Å². The first kappa shape index (κ1) is 14.1. The lowest BCUT2D eigenvalue weighted by molar-refractivity contribution is 0.157. The molecule has 1 amide bonds. The second kappa shape index (κ2) is 6.77. The second-order valence-electron chi connectivity index (χ2n) is 4.59. The summed E-state index contributed by atoms with van der Waals surface area (Å²) in [7, 11) is 0. The first-order valence-corrected chi connectivity index (χ1v) is 6.53. The van der Waals surface area contributed by atoms with Crippen LogP contribution in [0.25, 0.3) is 10.9 Å². The van der Waals surface area contributed by atoms with Crippen LogP contribution in [-0.2, 0) is 11.2 Å². The number of hydrogen-bond acceptors (Lipinski definition) is 3. The highest BCUT2D eigenvalue weighted by Crippen LogP contribution is 2.18. The van der Waals surface area contributed by atoms with Gasteiger partial charge in [-0.1, -0.05) is 30.9 Å². The molecule has 0 fully saturated rings. The maximum absolute atomic E-state index is 11.3. The summed E-state index contributed by atoms with van der Waals surface area (Å²) in [6.45, 7) is 4.04. The number of hydrogen-bond donors (Lipinski definition) is 3. The molecule has 0 saturated carbocycles. The Bertz CT molecular complexity index is 592. The van der Waals surface area contributed by atoms with Crippen molar-refractivity contribution < 1.29 is 9.53 Å². The SMILES string of the molecule is C=CCOC(=O)NC[C@H](N)Cc1c[nH]c2ccccc12. The maximum Gasteiger partial charge on any atom is 0.407 e. The number of ether oxygens (including phenoxy) is 1. The van der Waals surface area contributed by atoms with E-state index in [1.165, 1.54) is 6.08 Å². The molecule has 2 aromatic rings. The van der Waals surface area contributed by atoms with Crippen molar-refractivity contribution in [2.24, 2.45) is 5.73 Å². The summed E-state index contributed by atoms with van der Waals surface area (Å²) in [5.74, 6) is 0. The van der Waals surface area contributed by atoms with E-state index in [1.54, 1.807) is 0 Å². The molecule has 0 saturated heterocycles. The topological polar surface area (TPSA) is 80.1 Å². The number of carbonyl (C=O) groups excluding carboxylic acids is 1. The monoisotopic (exact) mass is 273 g/mol. The highest BCUT2D eigenvalue weighted by atomic mass is 16.5. The van der Waals surface area contributed by atoms with E-state index in [1.807, 2.05) is 24.4 Å². The third-order valence-corrected chi connectivity index (χ3v) is 3.00. The van der Waals surface area contributed by atoms with Gasteiger partial charge in [0.1, 0.15) is 6.61 Å². The van der Waals surface area contributed by atoms with E-state index < -0.39 is 6.09 Å². The van der Waals surface area contributed by atoms with E-state index in [-0.39, 0.29) is 12.6 Å². The van der Waals surface area contributed by atoms with Gasteiger partial charge in [-0.15, -0.1) is 0 Å². The van der Waals surface area contributed by atoms with Crippen molar-refractivity contribution >= 4 is 17.0 Å². The molecule has 1 aromatic carbocycles. The molecule has 1 atom stereocenters. The van der Waals surface area contributed by atoms with Crippen molar-refractivity contribution in [3.05, 3.63) is 48.7 Å². The van der Waals surface area contributed by atoms with Crippen LogP contribution in [0.3, 0.4) is 0 Å². The van der Waals surface area contributed by atoms with Crippen LogP contribution < -0.4 is 11.1 Å². The quantitative estimate of drug-likeness (QED) is 0.704. The molecule has 0 spiro atoms. The van der Waals surface area contributed by atoms with Gasteiger partial charge < -0.3 is 20.8 Å². The van der Waals surface area contributed by atoms with Crippen molar-refractivity contribution in [1.82, 2.24) is 10.3 Å². The first-order valence-electron chi connectivity index (χ1n) is 6.53. The highest BCUT2D eigenvalue weighted by molar-refractivity contribution is 5.83.